The molecule has 0 aromatic rings. The van der Waals surface area contributed by atoms with E-state index in [1.165, 1.54) is 38.5 Å². The van der Waals surface area contributed by atoms with Gasteiger partial charge in [0.1, 0.15) is 6.10 Å². The zero-order valence-electron chi connectivity index (χ0n) is 22.6. The molecular weight excluding hydrogens is 408 g/mol. The summed E-state index contributed by atoms with van der Waals surface area (Å²) in [6, 6.07) is 0. The van der Waals surface area contributed by atoms with E-state index in [9.17, 15) is 9.90 Å². The summed E-state index contributed by atoms with van der Waals surface area (Å²) in [5, 5.41) is 10.4. The van der Waals surface area contributed by atoms with Crippen molar-refractivity contribution in [3.05, 3.63) is 0 Å². The summed E-state index contributed by atoms with van der Waals surface area (Å²) in [5.41, 5.74) is 0.499. The Bertz CT molecular complexity index is 703. The fraction of sp³-hybridized carbons (Fsp3) is 0.967. The van der Waals surface area contributed by atoms with Crippen molar-refractivity contribution < 1.29 is 14.6 Å². The van der Waals surface area contributed by atoms with Crippen LogP contribution in [0.2, 0.25) is 0 Å². The number of aliphatic hydroxyl groups excluding tert-OH is 1. The third-order valence-corrected chi connectivity index (χ3v) is 11.8. The smallest absolute Gasteiger partial charge is 0.302 e. The first kappa shape index (κ1) is 25.5. The van der Waals surface area contributed by atoms with Gasteiger partial charge in [-0.3, -0.25) is 4.79 Å². The van der Waals surface area contributed by atoms with Crippen LogP contribution in [-0.2, 0) is 9.53 Å². The maximum absolute atomic E-state index is 12.3. The van der Waals surface area contributed by atoms with E-state index in [4.69, 9.17) is 4.74 Å². The van der Waals surface area contributed by atoms with Crippen LogP contribution in [0.4, 0.5) is 0 Å². The molecule has 0 aromatic carbocycles. The van der Waals surface area contributed by atoms with Gasteiger partial charge in [0, 0.05) is 12.8 Å². The number of rotatable bonds is 6. The second-order valence-electron chi connectivity index (χ2n) is 13.8. The first-order valence-corrected chi connectivity index (χ1v) is 14.3. The van der Waals surface area contributed by atoms with Crippen molar-refractivity contribution in [2.45, 2.75) is 125 Å². The molecule has 33 heavy (non-hydrogen) atoms. The number of carbonyl (C=O) groups is 1. The van der Waals surface area contributed by atoms with Crippen LogP contribution in [0.15, 0.2) is 0 Å². The number of esters is 1. The monoisotopic (exact) mass is 460 g/mol. The van der Waals surface area contributed by atoms with E-state index in [-0.39, 0.29) is 23.6 Å². The van der Waals surface area contributed by atoms with Crippen LogP contribution in [0, 0.1) is 58.2 Å². The Morgan fingerprint density at radius 3 is 2.39 bits per heavy atom. The lowest BCUT2D eigenvalue weighted by molar-refractivity contribution is -0.199. The minimum absolute atomic E-state index is 0.0548. The molecule has 11 atom stereocenters. The van der Waals surface area contributed by atoms with Crippen molar-refractivity contribution in [2.24, 2.45) is 58.2 Å². The molecule has 0 heterocycles. The molecule has 0 unspecified atom stereocenters. The largest absolute Gasteiger partial charge is 0.462 e. The Balaban J connectivity index is 1.59. The van der Waals surface area contributed by atoms with Crippen molar-refractivity contribution in [1.29, 1.82) is 0 Å². The average molecular weight is 461 g/mol. The van der Waals surface area contributed by atoms with Gasteiger partial charge < -0.3 is 9.84 Å². The maximum Gasteiger partial charge on any atom is 0.302 e. The highest BCUT2D eigenvalue weighted by Crippen LogP contribution is 2.68. The Morgan fingerprint density at radius 2 is 1.73 bits per heavy atom. The van der Waals surface area contributed by atoms with Crippen LogP contribution in [0.1, 0.15) is 113 Å². The summed E-state index contributed by atoms with van der Waals surface area (Å²) in [7, 11) is 0. The van der Waals surface area contributed by atoms with Crippen molar-refractivity contribution >= 4 is 5.97 Å². The van der Waals surface area contributed by atoms with Gasteiger partial charge in [-0.1, -0.05) is 54.4 Å². The third kappa shape index (κ3) is 4.54. The second-order valence-corrected chi connectivity index (χ2v) is 13.8. The summed E-state index contributed by atoms with van der Waals surface area (Å²) >= 11 is 0. The van der Waals surface area contributed by atoms with E-state index >= 15 is 0 Å². The normalized spacial score (nSPS) is 46.8. The molecule has 4 fully saturated rings. The fourth-order valence-corrected chi connectivity index (χ4v) is 9.68. The summed E-state index contributed by atoms with van der Waals surface area (Å²) in [5.74, 6) is 5.45. The molecule has 0 saturated heterocycles. The average Bonchev–Trinajstić information content (AvgIpc) is 3.08. The SMILES string of the molecule is CC(=O)O[C@@H]1C[C@]2(C)[C@@H]([C@H](C)CC[C@H](C)C(C)C)CC[C@H]2[C@@H]2CC[C@H]3C[C@@H](O)CC[C@]3(C)[C@H]21. The molecule has 4 rings (SSSR count). The minimum atomic E-state index is -0.134. The Labute approximate surface area is 203 Å². The zero-order valence-corrected chi connectivity index (χ0v) is 22.6. The molecule has 0 spiro atoms. The van der Waals surface area contributed by atoms with Crippen molar-refractivity contribution in [1.82, 2.24) is 0 Å². The van der Waals surface area contributed by atoms with Crippen molar-refractivity contribution in [3.8, 4) is 0 Å². The van der Waals surface area contributed by atoms with Crippen LogP contribution < -0.4 is 0 Å². The Morgan fingerprint density at radius 1 is 1.00 bits per heavy atom. The zero-order chi connectivity index (χ0) is 24.1. The highest BCUT2D eigenvalue weighted by atomic mass is 16.5. The molecule has 0 aliphatic heterocycles. The molecule has 190 valence electrons. The third-order valence-electron chi connectivity index (χ3n) is 11.8. The van der Waals surface area contributed by atoms with Gasteiger partial charge in [-0.05, 0) is 104 Å². The number of aliphatic hydroxyl groups is 1. The molecule has 3 heteroatoms. The van der Waals surface area contributed by atoms with E-state index in [0.717, 1.165) is 55.3 Å². The molecule has 0 amide bonds. The molecule has 4 aliphatic carbocycles. The number of hydrogen-bond acceptors (Lipinski definition) is 3. The van der Waals surface area contributed by atoms with E-state index in [2.05, 4.69) is 41.5 Å². The van der Waals surface area contributed by atoms with Gasteiger partial charge in [0.2, 0.25) is 0 Å². The van der Waals surface area contributed by atoms with Crippen LogP contribution >= 0.6 is 0 Å². The molecule has 0 bridgehead atoms. The van der Waals surface area contributed by atoms with Gasteiger partial charge in [0.25, 0.3) is 0 Å². The Kier molecular flexibility index (Phi) is 7.33. The molecule has 0 aromatic heterocycles. The molecule has 3 nitrogen and oxygen atoms in total. The van der Waals surface area contributed by atoms with E-state index in [1.54, 1.807) is 6.92 Å². The fourth-order valence-electron chi connectivity index (χ4n) is 9.68. The van der Waals surface area contributed by atoms with Crippen LogP contribution in [0.25, 0.3) is 0 Å². The summed E-state index contributed by atoms with van der Waals surface area (Å²) in [6.07, 6.45) is 11.8. The molecular formula is C30H52O3. The topological polar surface area (TPSA) is 46.5 Å². The quantitative estimate of drug-likeness (QED) is 0.424. The first-order valence-electron chi connectivity index (χ1n) is 14.3. The Hall–Kier alpha value is -0.570. The number of carbonyl (C=O) groups excluding carboxylic acids is 1. The lowest BCUT2D eigenvalue weighted by Crippen LogP contribution is -2.60. The summed E-state index contributed by atoms with van der Waals surface area (Å²) < 4.78 is 6.23. The second kappa shape index (κ2) is 9.47. The first-order chi connectivity index (χ1) is 15.5. The minimum Gasteiger partial charge on any atom is -0.462 e. The number of fused-ring (bicyclic) bond motifs is 5. The molecule has 1 N–H and O–H groups in total. The standard InChI is InChI=1S/C30H52O3/c1-18(2)19(3)8-9-20(4)25-12-13-26-24-11-10-22-16-23(32)14-15-29(22,6)28(24)27(33-21(5)31)17-30(25,26)7/h18-20,22-28,32H,8-17H2,1-7H3/t19-,20+,22-,23-,24-,25+,26-,27+,28+,29-,30+/m0/s1. The molecule has 4 aliphatic rings. The van der Waals surface area contributed by atoms with Gasteiger partial charge in [0.05, 0.1) is 6.10 Å². The van der Waals surface area contributed by atoms with Crippen LogP contribution in [0.5, 0.6) is 0 Å². The maximum atomic E-state index is 12.3. The van der Waals surface area contributed by atoms with Gasteiger partial charge in [-0.25, -0.2) is 0 Å². The van der Waals surface area contributed by atoms with Gasteiger partial charge in [-0.2, -0.15) is 0 Å². The summed E-state index contributed by atoms with van der Waals surface area (Å²) in [4.78, 5) is 12.3. The van der Waals surface area contributed by atoms with Gasteiger partial charge >= 0.3 is 5.97 Å². The van der Waals surface area contributed by atoms with E-state index < -0.39 is 0 Å². The highest BCUT2D eigenvalue weighted by molar-refractivity contribution is 5.66. The van der Waals surface area contributed by atoms with Crippen molar-refractivity contribution in [2.75, 3.05) is 0 Å². The summed E-state index contributed by atoms with van der Waals surface area (Å²) in [6.45, 7) is 16.3. The van der Waals surface area contributed by atoms with Crippen LogP contribution in [-0.4, -0.2) is 23.3 Å². The van der Waals surface area contributed by atoms with Crippen molar-refractivity contribution in [3.63, 3.8) is 0 Å². The highest BCUT2D eigenvalue weighted by Gasteiger charge is 2.64. The lowest BCUT2D eigenvalue weighted by atomic mass is 9.43. The van der Waals surface area contributed by atoms with Gasteiger partial charge in [-0.15, -0.1) is 0 Å². The van der Waals surface area contributed by atoms with E-state index in [1.807, 2.05) is 0 Å². The molecule has 4 saturated carbocycles. The predicted octanol–water partition coefficient (Wildman–Crippen LogP) is 7.26. The number of ether oxygens (including phenoxy) is 1. The van der Waals surface area contributed by atoms with Gasteiger partial charge in [0.15, 0.2) is 0 Å². The number of hydrogen-bond donors (Lipinski definition) is 1. The van der Waals surface area contributed by atoms with Crippen LogP contribution in [0.3, 0.4) is 0 Å². The molecule has 0 radical (unpaired) electrons. The van der Waals surface area contributed by atoms with E-state index in [0.29, 0.717) is 23.2 Å². The predicted molar refractivity (Wildman–Crippen MR) is 135 cm³/mol. The lowest BCUT2D eigenvalue weighted by Gasteiger charge is -2.63.